The van der Waals surface area contributed by atoms with Gasteiger partial charge in [0.25, 0.3) is 0 Å². The molecule has 1 aromatic carbocycles. The second-order valence-electron chi connectivity index (χ2n) is 4.40. The van der Waals surface area contributed by atoms with E-state index in [9.17, 15) is 0 Å². The number of hydrazine groups is 1. The summed E-state index contributed by atoms with van der Waals surface area (Å²) in [6, 6.07) is 9.76. The minimum absolute atomic E-state index is 0.173. The monoisotopic (exact) mass is 244 g/mol. The zero-order valence-electron chi connectivity index (χ0n) is 10.1. The molecule has 0 amide bonds. The molecule has 1 unspecified atom stereocenters. The van der Waals surface area contributed by atoms with Gasteiger partial charge in [-0.15, -0.1) is 0 Å². The molecule has 0 radical (unpaired) electrons. The number of furan rings is 1. The molecule has 0 fully saturated rings. The third-order valence-electron chi connectivity index (χ3n) is 3.27. The highest BCUT2D eigenvalue weighted by molar-refractivity contribution is 5.46. The van der Waals surface area contributed by atoms with Crippen LogP contribution in [0.2, 0.25) is 0 Å². The molecular weight excluding hydrogens is 228 g/mol. The molecule has 4 heteroatoms. The van der Waals surface area contributed by atoms with Crippen LogP contribution >= 0.6 is 0 Å². The Morgan fingerprint density at radius 1 is 1.22 bits per heavy atom. The molecule has 0 spiro atoms. The second kappa shape index (κ2) is 4.84. The zero-order chi connectivity index (χ0) is 12.4. The fraction of sp³-hybridized carbons (Fsp3) is 0.286. The van der Waals surface area contributed by atoms with E-state index in [2.05, 4.69) is 11.5 Å². The molecule has 0 saturated heterocycles. The van der Waals surface area contributed by atoms with E-state index >= 15 is 0 Å². The lowest BCUT2D eigenvalue weighted by Crippen LogP contribution is -2.29. The Kier molecular flexibility index (Phi) is 3.04. The number of hydrogen-bond acceptors (Lipinski definition) is 4. The molecule has 2 aromatic rings. The van der Waals surface area contributed by atoms with Crippen LogP contribution in [0.1, 0.15) is 29.3 Å². The summed E-state index contributed by atoms with van der Waals surface area (Å²) in [7, 11) is 0. The van der Waals surface area contributed by atoms with Gasteiger partial charge < -0.3 is 9.15 Å². The Hall–Kier alpha value is -1.78. The van der Waals surface area contributed by atoms with E-state index in [1.54, 1.807) is 6.26 Å². The molecule has 3 N–H and O–H groups in total. The fourth-order valence-electron chi connectivity index (χ4n) is 2.42. The van der Waals surface area contributed by atoms with Crippen molar-refractivity contribution in [3.8, 4) is 5.75 Å². The molecule has 0 saturated carbocycles. The van der Waals surface area contributed by atoms with Crippen molar-refractivity contribution in [3.63, 3.8) is 0 Å². The Labute approximate surface area is 106 Å². The first kappa shape index (κ1) is 11.3. The van der Waals surface area contributed by atoms with E-state index in [0.717, 1.165) is 36.5 Å². The predicted molar refractivity (Wildman–Crippen MR) is 68.1 cm³/mol. The lowest BCUT2D eigenvalue weighted by atomic mass is 9.97. The molecule has 3 rings (SSSR count). The summed E-state index contributed by atoms with van der Waals surface area (Å²) in [6.07, 6.45) is 3.77. The van der Waals surface area contributed by atoms with Crippen LogP contribution in [-0.4, -0.2) is 6.61 Å². The largest absolute Gasteiger partial charge is 0.493 e. The van der Waals surface area contributed by atoms with Crippen LogP contribution < -0.4 is 16.0 Å². The zero-order valence-corrected chi connectivity index (χ0v) is 10.1. The standard InChI is InChI=1S/C14H16N2O2/c15-16-13(12-7-3-8-17-12)11-6-1-4-10-5-2-9-18-14(10)11/h1,3-4,6-8,13,16H,2,5,9,15H2. The van der Waals surface area contributed by atoms with E-state index in [-0.39, 0.29) is 6.04 Å². The van der Waals surface area contributed by atoms with Crippen molar-refractivity contribution in [3.05, 3.63) is 53.5 Å². The summed E-state index contributed by atoms with van der Waals surface area (Å²) in [6.45, 7) is 0.763. The number of nitrogens with two attached hydrogens (primary N) is 1. The number of aryl methyl sites for hydroxylation is 1. The summed E-state index contributed by atoms with van der Waals surface area (Å²) in [5, 5.41) is 0. The van der Waals surface area contributed by atoms with E-state index < -0.39 is 0 Å². The van der Waals surface area contributed by atoms with Gasteiger partial charge >= 0.3 is 0 Å². The first-order valence-electron chi connectivity index (χ1n) is 6.14. The third-order valence-corrected chi connectivity index (χ3v) is 3.27. The first-order chi connectivity index (χ1) is 8.90. The fourth-order valence-corrected chi connectivity index (χ4v) is 2.42. The average Bonchev–Trinajstić information content (AvgIpc) is 2.94. The van der Waals surface area contributed by atoms with Crippen LogP contribution in [0.15, 0.2) is 41.0 Å². The molecule has 1 aliphatic rings. The van der Waals surface area contributed by atoms with Crippen LogP contribution in [0, 0.1) is 0 Å². The van der Waals surface area contributed by atoms with Gasteiger partial charge in [-0.2, -0.15) is 0 Å². The van der Waals surface area contributed by atoms with Crippen LogP contribution in [0.3, 0.4) is 0 Å². The van der Waals surface area contributed by atoms with Gasteiger partial charge in [-0.1, -0.05) is 18.2 Å². The molecule has 0 aliphatic carbocycles. The number of ether oxygens (including phenoxy) is 1. The van der Waals surface area contributed by atoms with Crippen LogP contribution in [0.25, 0.3) is 0 Å². The second-order valence-corrected chi connectivity index (χ2v) is 4.40. The van der Waals surface area contributed by atoms with Crippen molar-refractivity contribution in [2.24, 2.45) is 5.84 Å². The van der Waals surface area contributed by atoms with E-state index in [0.29, 0.717) is 0 Å². The number of para-hydroxylation sites is 1. The molecule has 0 bridgehead atoms. The smallest absolute Gasteiger partial charge is 0.127 e. The Morgan fingerprint density at radius 3 is 2.94 bits per heavy atom. The number of rotatable bonds is 3. The highest BCUT2D eigenvalue weighted by Crippen LogP contribution is 2.35. The molecule has 1 aliphatic heterocycles. The first-order valence-corrected chi connectivity index (χ1v) is 6.14. The number of hydrogen-bond donors (Lipinski definition) is 2. The van der Waals surface area contributed by atoms with Gasteiger partial charge in [0.1, 0.15) is 17.6 Å². The SMILES string of the molecule is NNC(c1ccco1)c1cccc2c1OCCC2. The maximum Gasteiger partial charge on any atom is 0.127 e. The summed E-state index contributed by atoms with van der Waals surface area (Å²) in [5.41, 5.74) is 5.07. The van der Waals surface area contributed by atoms with Gasteiger partial charge in [-0.05, 0) is 30.5 Å². The van der Waals surface area contributed by atoms with Gasteiger partial charge in [0.2, 0.25) is 0 Å². The molecule has 2 heterocycles. The van der Waals surface area contributed by atoms with Crippen molar-refractivity contribution in [2.45, 2.75) is 18.9 Å². The van der Waals surface area contributed by atoms with Crippen molar-refractivity contribution in [1.29, 1.82) is 0 Å². The van der Waals surface area contributed by atoms with E-state index in [4.69, 9.17) is 15.0 Å². The molecule has 1 atom stereocenters. The highest BCUT2D eigenvalue weighted by atomic mass is 16.5. The van der Waals surface area contributed by atoms with Gasteiger partial charge in [0.15, 0.2) is 0 Å². The number of benzene rings is 1. The summed E-state index contributed by atoms with van der Waals surface area (Å²) < 4.78 is 11.2. The minimum Gasteiger partial charge on any atom is -0.493 e. The maximum atomic E-state index is 5.80. The summed E-state index contributed by atoms with van der Waals surface area (Å²) in [5.74, 6) is 7.40. The molecule has 18 heavy (non-hydrogen) atoms. The highest BCUT2D eigenvalue weighted by Gasteiger charge is 2.23. The topological polar surface area (TPSA) is 60.4 Å². The minimum atomic E-state index is -0.173. The predicted octanol–water partition coefficient (Wildman–Crippen LogP) is 2.16. The molecular formula is C14H16N2O2. The van der Waals surface area contributed by atoms with Gasteiger partial charge in [-0.3, -0.25) is 5.84 Å². The van der Waals surface area contributed by atoms with Gasteiger partial charge in [-0.25, -0.2) is 5.43 Å². The van der Waals surface area contributed by atoms with Crippen molar-refractivity contribution in [2.75, 3.05) is 6.61 Å². The van der Waals surface area contributed by atoms with Crippen molar-refractivity contribution >= 4 is 0 Å². The van der Waals surface area contributed by atoms with Crippen LogP contribution in [0.5, 0.6) is 5.75 Å². The lowest BCUT2D eigenvalue weighted by Gasteiger charge is -2.23. The Morgan fingerprint density at radius 2 is 2.17 bits per heavy atom. The summed E-state index contributed by atoms with van der Waals surface area (Å²) >= 11 is 0. The normalized spacial score (nSPS) is 15.8. The van der Waals surface area contributed by atoms with Gasteiger partial charge in [0.05, 0.1) is 12.9 Å². The van der Waals surface area contributed by atoms with E-state index in [1.165, 1.54) is 5.56 Å². The van der Waals surface area contributed by atoms with E-state index in [1.807, 2.05) is 24.3 Å². The van der Waals surface area contributed by atoms with Crippen molar-refractivity contribution < 1.29 is 9.15 Å². The molecule has 4 nitrogen and oxygen atoms in total. The third kappa shape index (κ3) is 1.89. The average molecular weight is 244 g/mol. The van der Waals surface area contributed by atoms with Crippen LogP contribution in [-0.2, 0) is 6.42 Å². The molecule has 94 valence electrons. The Bertz CT molecular complexity index is 523. The number of fused-ring (bicyclic) bond motifs is 1. The lowest BCUT2D eigenvalue weighted by molar-refractivity contribution is 0.281. The van der Waals surface area contributed by atoms with Crippen molar-refractivity contribution in [1.82, 2.24) is 5.43 Å². The van der Waals surface area contributed by atoms with Crippen LogP contribution in [0.4, 0.5) is 0 Å². The number of nitrogens with one attached hydrogen (secondary N) is 1. The Balaban J connectivity index is 2.05. The molecule has 1 aromatic heterocycles. The summed E-state index contributed by atoms with van der Waals surface area (Å²) in [4.78, 5) is 0. The maximum absolute atomic E-state index is 5.80. The van der Waals surface area contributed by atoms with Gasteiger partial charge in [0, 0.05) is 5.56 Å². The quantitative estimate of drug-likeness (QED) is 0.641.